The third-order valence-electron chi connectivity index (χ3n) is 2.25. The highest BCUT2D eigenvalue weighted by molar-refractivity contribution is 5.83. The van der Waals surface area contributed by atoms with Crippen LogP contribution in [0.1, 0.15) is 18.9 Å². The molecule has 0 unspecified atom stereocenters. The van der Waals surface area contributed by atoms with Gasteiger partial charge in [0.2, 0.25) is 0 Å². The van der Waals surface area contributed by atoms with Gasteiger partial charge in [-0.15, -0.1) is 0 Å². The molecule has 1 rings (SSSR count). The fraction of sp³-hybridized carbons (Fsp3) is 0.273. The van der Waals surface area contributed by atoms with E-state index in [0.717, 1.165) is 5.56 Å². The van der Waals surface area contributed by atoms with Crippen molar-refractivity contribution < 1.29 is 9.72 Å². The summed E-state index contributed by atoms with van der Waals surface area (Å²) in [6.07, 6.45) is 1.19. The first-order valence-electron chi connectivity index (χ1n) is 5.31. The molecule has 0 aromatic heterocycles. The summed E-state index contributed by atoms with van der Waals surface area (Å²) in [6, 6.07) is 5.70. The second kappa shape index (κ2) is 6.33. The number of amides is 2. The lowest BCUT2D eigenvalue weighted by Crippen LogP contribution is -2.25. The molecule has 7 heteroatoms. The number of hydrogen-bond donors (Lipinski definition) is 2. The molecule has 0 aliphatic carbocycles. The molecule has 0 atom stereocenters. The Bertz CT molecular complexity index is 485. The van der Waals surface area contributed by atoms with E-state index in [1.807, 2.05) is 6.07 Å². The van der Waals surface area contributed by atoms with E-state index in [1.165, 1.54) is 12.1 Å². The van der Waals surface area contributed by atoms with Gasteiger partial charge in [0.25, 0.3) is 5.69 Å². The molecule has 0 bridgehead atoms. The van der Waals surface area contributed by atoms with Crippen LogP contribution in [0.3, 0.4) is 0 Å². The molecule has 0 saturated heterocycles. The molecular weight excluding hydrogens is 236 g/mol. The van der Waals surface area contributed by atoms with Gasteiger partial charge in [0.05, 0.1) is 4.92 Å². The van der Waals surface area contributed by atoms with Crippen molar-refractivity contribution in [1.29, 1.82) is 0 Å². The summed E-state index contributed by atoms with van der Waals surface area (Å²) >= 11 is 0. The minimum absolute atomic E-state index is 0.0670. The number of nitro benzene ring substituents is 1. The third kappa shape index (κ3) is 4.60. The third-order valence-corrected chi connectivity index (χ3v) is 2.25. The van der Waals surface area contributed by atoms with Crippen LogP contribution in [0.4, 0.5) is 10.5 Å². The second-order valence-electron chi connectivity index (χ2n) is 3.75. The lowest BCUT2D eigenvalue weighted by molar-refractivity contribution is -0.384. The number of hydrazone groups is 1. The van der Waals surface area contributed by atoms with Crippen LogP contribution in [-0.4, -0.2) is 16.7 Å². The molecule has 1 aromatic carbocycles. The zero-order valence-electron chi connectivity index (χ0n) is 9.92. The standard InChI is InChI=1S/C11H14N4O3/c1-8(13-14-11(12)16)5-6-9-3-2-4-10(7-9)15(17)18/h2-4,7H,5-6H2,1H3,(H3,12,14,16)/b13-8+. The zero-order valence-corrected chi connectivity index (χ0v) is 9.92. The first-order valence-corrected chi connectivity index (χ1v) is 5.31. The molecule has 0 heterocycles. The number of nitrogens with two attached hydrogens (primary N) is 1. The van der Waals surface area contributed by atoms with Gasteiger partial charge in [0.15, 0.2) is 0 Å². The van der Waals surface area contributed by atoms with E-state index in [0.29, 0.717) is 18.6 Å². The van der Waals surface area contributed by atoms with Crippen molar-refractivity contribution in [3.63, 3.8) is 0 Å². The molecule has 0 radical (unpaired) electrons. The molecule has 96 valence electrons. The van der Waals surface area contributed by atoms with Crippen LogP contribution in [0.2, 0.25) is 0 Å². The summed E-state index contributed by atoms with van der Waals surface area (Å²) in [4.78, 5) is 20.6. The maximum absolute atomic E-state index is 10.6. The first-order chi connectivity index (χ1) is 8.49. The number of nitrogens with one attached hydrogen (secondary N) is 1. The number of rotatable bonds is 5. The smallest absolute Gasteiger partial charge is 0.332 e. The maximum Gasteiger partial charge on any atom is 0.332 e. The Morgan fingerprint density at radius 2 is 2.28 bits per heavy atom. The van der Waals surface area contributed by atoms with Crippen molar-refractivity contribution >= 4 is 17.4 Å². The van der Waals surface area contributed by atoms with Gasteiger partial charge in [-0.1, -0.05) is 12.1 Å². The average molecular weight is 250 g/mol. The Balaban J connectivity index is 2.58. The summed E-state index contributed by atoms with van der Waals surface area (Å²) in [5, 5.41) is 14.3. The number of nitro groups is 1. The topological polar surface area (TPSA) is 111 Å². The normalized spacial score (nSPS) is 11.1. The van der Waals surface area contributed by atoms with Crippen molar-refractivity contribution in [2.75, 3.05) is 0 Å². The fourth-order valence-electron chi connectivity index (χ4n) is 1.36. The summed E-state index contributed by atoms with van der Waals surface area (Å²) in [5.41, 5.74) is 8.61. The highest BCUT2D eigenvalue weighted by Crippen LogP contribution is 2.14. The van der Waals surface area contributed by atoms with Crippen molar-refractivity contribution in [2.45, 2.75) is 19.8 Å². The van der Waals surface area contributed by atoms with Crippen molar-refractivity contribution in [2.24, 2.45) is 10.8 Å². The lowest BCUT2D eigenvalue weighted by atomic mass is 10.1. The van der Waals surface area contributed by atoms with Crippen LogP contribution in [-0.2, 0) is 6.42 Å². The number of hydrogen-bond acceptors (Lipinski definition) is 4. The van der Waals surface area contributed by atoms with E-state index >= 15 is 0 Å². The Morgan fingerprint density at radius 3 is 2.89 bits per heavy atom. The van der Waals surface area contributed by atoms with E-state index < -0.39 is 11.0 Å². The van der Waals surface area contributed by atoms with E-state index in [1.54, 1.807) is 13.0 Å². The van der Waals surface area contributed by atoms with E-state index in [-0.39, 0.29) is 5.69 Å². The molecule has 1 aromatic rings. The van der Waals surface area contributed by atoms with Gasteiger partial charge >= 0.3 is 6.03 Å². The molecule has 18 heavy (non-hydrogen) atoms. The summed E-state index contributed by atoms with van der Waals surface area (Å²) in [5.74, 6) is 0. The highest BCUT2D eigenvalue weighted by Gasteiger charge is 2.05. The number of primary amides is 1. The van der Waals surface area contributed by atoms with Crippen molar-refractivity contribution in [3.05, 3.63) is 39.9 Å². The molecule has 3 N–H and O–H groups in total. The summed E-state index contributed by atoms with van der Waals surface area (Å²) < 4.78 is 0. The predicted molar refractivity (Wildman–Crippen MR) is 67.2 cm³/mol. The molecular formula is C11H14N4O3. The van der Waals surface area contributed by atoms with Crippen LogP contribution in [0.15, 0.2) is 29.4 Å². The Labute approximate surface area is 104 Å². The average Bonchev–Trinajstić information content (AvgIpc) is 2.34. The number of non-ortho nitro benzene ring substituents is 1. The van der Waals surface area contributed by atoms with Gasteiger partial charge in [0.1, 0.15) is 0 Å². The SMILES string of the molecule is C/C(CCc1cccc([N+](=O)[O-])c1)=N\NC(N)=O. The van der Waals surface area contributed by atoms with Crippen molar-refractivity contribution in [3.8, 4) is 0 Å². The van der Waals surface area contributed by atoms with E-state index in [4.69, 9.17) is 5.73 Å². The fourth-order valence-corrected chi connectivity index (χ4v) is 1.36. The van der Waals surface area contributed by atoms with Gasteiger partial charge < -0.3 is 5.73 Å². The second-order valence-corrected chi connectivity index (χ2v) is 3.75. The van der Waals surface area contributed by atoms with Gasteiger partial charge in [-0.25, -0.2) is 10.2 Å². The monoisotopic (exact) mass is 250 g/mol. The van der Waals surface area contributed by atoms with Crippen LogP contribution >= 0.6 is 0 Å². The van der Waals surface area contributed by atoms with Crippen LogP contribution in [0.25, 0.3) is 0 Å². The number of benzene rings is 1. The number of carbonyl (C=O) groups is 1. The zero-order chi connectivity index (χ0) is 13.5. The Hall–Kier alpha value is -2.44. The molecule has 0 aliphatic rings. The number of nitrogens with zero attached hydrogens (tertiary/aromatic N) is 2. The largest absolute Gasteiger partial charge is 0.350 e. The summed E-state index contributed by atoms with van der Waals surface area (Å²) in [6.45, 7) is 1.74. The molecule has 0 fully saturated rings. The van der Waals surface area contributed by atoms with Crippen LogP contribution < -0.4 is 11.2 Å². The number of aryl methyl sites for hydroxylation is 1. The number of carbonyl (C=O) groups excluding carboxylic acids is 1. The number of urea groups is 1. The van der Waals surface area contributed by atoms with Crippen molar-refractivity contribution in [1.82, 2.24) is 5.43 Å². The lowest BCUT2D eigenvalue weighted by Gasteiger charge is -2.02. The molecule has 0 spiro atoms. The Kier molecular flexibility index (Phi) is 4.79. The van der Waals surface area contributed by atoms with Gasteiger partial charge in [0, 0.05) is 17.8 Å². The van der Waals surface area contributed by atoms with Gasteiger partial charge in [-0.2, -0.15) is 5.10 Å². The molecule has 0 saturated carbocycles. The highest BCUT2D eigenvalue weighted by atomic mass is 16.6. The van der Waals surface area contributed by atoms with Crippen LogP contribution in [0.5, 0.6) is 0 Å². The quantitative estimate of drug-likeness (QED) is 0.470. The minimum atomic E-state index is -0.718. The summed E-state index contributed by atoms with van der Waals surface area (Å²) in [7, 11) is 0. The van der Waals surface area contributed by atoms with Gasteiger partial charge in [-0.3, -0.25) is 10.1 Å². The minimum Gasteiger partial charge on any atom is -0.350 e. The predicted octanol–water partition coefficient (Wildman–Crippen LogP) is 1.57. The van der Waals surface area contributed by atoms with Crippen LogP contribution in [0, 0.1) is 10.1 Å². The molecule has 0 aliphatic heterocycles. The first kappa shape index (κ1) is 13.6. The Morgan fingerprint density at radius 1 is 1.56 bits per heavy atom. The maximum atomic E-state index is 10.6. The molecule has 7 nitrogen and oxygen atoms in total. The van der Waals surface area contributed by atoms with E-state index in [9.17, 15) is 14.9 Å². The molecule has 2 amide bonds. The van der Waals surface area contributed by atoms with E-state index in [2.05, 4.69) is 10.5 Å². The van der Waals surface area contributed by atoms with Gasteiger partial charge in [-0.05, 0) is 25.3 Å².